The summed E-state index contributed by atoms with van der Waals surface area (Å²) in [5, 5.41) is 9.32. The molecule has 2 aliphatic rings. The summed E-state index contributed by atoms with van der Waals surface area (Å²) in [5.41, 5.74) is 0.953. The number of aldehydes is 1. The number of hydrogen-bond donors (Lipinski definition) is 3. The third kappa shape index (κ3) is 5.98. The zero-order chi connectivity index (χ0) is 23.9. The summed E-state index contributed by atoms with van der Waals surface area (Å²) in [5.74, 6) is -0.848. The number of fused-ring (bicyclic) bond motifs is 1. The molecular weight excluding hydrogens is 432 g/mol. The average molecular weight is 465 g/mol. The van der Waals surface area contributed by atoms with E-state index in [2.05, 4.69) is 20.9 Å². The third-order valence-electron chi connectivity index (χ3n) is 6.94. The van der Waals surface area contributed by atoms with Gasteiger partial charge in [0.25, 0.3) is 5.91 Å². The molecule has 0 unspecified atom stereocenters. The number of pyridine rings is 1. The van der Waals surface area contributed by atoms with Crippen LogP contribution in [-0.4, -0.2) is 47.6 Å². The Bertz CT molecular complexity index is 1050. The summed E-state index contributed by atoms with van der Waals surface area (Å²) in [6, 6.07) is 9.48. The summed E-state index contributed by atoms with van der Waals surface area (Å²) in [6.45, 7) is 0.585. The van der Waals surface area contributed by atoms with Crippen molar-refractivity contribution >= 4 is 34.9 Å². The SMILES string of the molecule is O=C[C@H](C[C@@H]1CCNC1=O)NC(=O)[C@H](CC1CCCCC1)NC(=O)c1ccc2ccccc2n1. The number of benzene rings is 1. The van der Waals surface area contributed by atoms with E-state index in [0.29, 0.717) is 37.1 Å². The van der Waals surface area contributed by atoms with Crippen LogP contribution in [0, 0.1) is 11.8 Å². The lowest BCUT2D eigenvalue weighted by Gasteiger charge is -2.27. The second-order valence-electron chi connectivity index (χ2n) is 9.42. The van der Waals surface area contributed by atoms with Crippen molar-refractivity contribution in [2.24, 2.45) is 11.8 Å². The van der Waals surface area contributed by atoms with Gasteiger partial charge in [-0.3, -0.25) is 14.4 Å². The number of hydrogen-bond acceptors (Lipinski definition) is 5. The molecule has 0 spiro atoms. The first-order valence-corrected chi connectivity index (χ1v) is 12.2. The van der Waals surface area contributed by atoms with Gasteiger partial charge in [-0.05, 0) is 37.3 Å². The summed E-state index contributed by atoms with van der Waals surface area (Å²) in [7, 11) is 0. The minimum Gasteiger partial charge on any atom is -0.356 e. The van der Waals surface area contributed by atoms with Crippen molar-refractivity contribution in [2.45, 2.75) is 63.5 Å². The Morgan fingerprint density at radius 2 is 1.82 bits per heavy atom. The van der Waals surface area contributed by atoms with Crippen LogP contribution >= 0.6 is 0 Å². The van der Waals surface area contributed by atoms with Crippen molar-refractivity contribution in [1.82, 2.24) is 20.9 Å². The molecule has 8 nitrogen and oxygen atoms in total. The van der Waals surface area contributed by atoms with Gasteiger partial charge in [0.2, 0.25) is 11.8 Å². The van der Waals surface area contributed by atoms with Crippen LogP contribution in [0.2, 0.25) is 0 Å². The number of carbonyl (C=O) groups is 4. The molecule has 1 saturated carbocycles. The van der Waals surface area contributed by atoms with Crippen LogP contribution in [0.1, 0.15) is 61.9 Å². The lowest BCUT2D eigenvalue weighted by molar-refractivity contribution is -0.127. The molecule has 0 radical (unpaired) electrons. The fourth-order valence-electron chi connectivity index (χ4n) is 5.02. The molecule has 0 bridgehead atoms. The second kappa shape index (κ2) is 11.2. The van der Waals surface area contributed by atoms with E-state index in [0.717, 1.165) is 31.1 Å². The summed E-state index contributed by atoms with van der Waals surface area (Å²) >= 11 is 0. The Morgan fingerprint density at radius 3 is 2.56 bits per heavy atom. The molecule has 4 rings (SSSR count). The van der Waals surface area contributed by atoms with Crippen LogP contribution in [0.15, 0.2) is 36.4 Å². The van der Waals surface area contributed by atoms with Gasteiger partial charge in [-0.15, -0.1) is 0 Å². The third-order valence-corrected chi connectivity index (χ3v) is 6.94. The first-order chi connectivity index (χ1) is 16.5. The Kier molecular flexibility index (Phi) is 7.87. The van der Waals surface area contributed by atoms with Gasteiger partial charge in [-0.2, -0.15) is 0 Å². The Hall–Kier alpha value is -3.29. The zero-order valence-electron chi connectivity index (χ0n) is 19.3. The van der Waals surface area contributed by atoms with E-state index in [1.807, 2.05) is 30.3 Å². The van der Waals surface area contributed by atoms with E-state index in [9.17, 15) is 19.2 Å². The highest BCUT2D eigenvalue weighted by Gasteiger charge is 2.31. The first kappa shape index (κ1) is 23.9. The number of rotatable bonds is 9. The van der Waals surface area contributed by atoms with Crippen molar-refractivity contribution in [3.05, 3.63) is 42.1 Å². The van der Waals surface area contributed by atoms with Gasteiger partial charge in [0.15, 0.2) is 0 Å². The normalized spacial score (nSPS) is 20.4. The molecule has 8 heteroatoms. The molecule has 3 atom stereocenters. The highest BCUT2D eigenvalue weighted by molar-refractivity contribution is 5.98. The smallest absolute Gasteiger partial charge is 0.270 e. The largest absolute Gasteiger partial charge is 0.356 e. The van der Waals surface area contributed by atoms with E-state index < -0.39 is 23.9 Å². The maximum Gasteiger partial charge on any atom is 0.270 e. The molecule has 3 N–H and O–H groups in total. The van der Waals surface area contributed by atoms with E-state index >= 15 is 0 Å². The van der Waals surface area contributed by atoms with Gasteiger partial charge < -0.3 is 20.7 Å². The van der Waals surface area contributed by atoms with Gasteiger partial charge in [-0.1, -0.05) is 56.4 Å². The molecule has 3 amide bonds. The minimum atomic E-state index is -0.774. The molecule has 2 heterocycles. The number of carbonyl (C=O) groups excluding carboxylic acids is 4. The number of para-hydroxylation sites is 1. The van der Waals surface area contributed by atoms with Crippen LogP contribution in [0.3, 0.4) is 0 Å². The van der Waals surface area contributed by atoms with Gasteiger partial charge in [-0.25, -0.2) is 4.98 Å². The fourth-order valence-corrected chi connectivity index (χ4v) is 5.02. The van der Waals surface area contributed by atoms with Gasteiger partial charge in [0, 0.05) is 17.8 Å². The van der Waals surface area contributed by atoms with Crippen LogP contribution in [0.5, 0.6) is 0 Å². The predicted octanol–water partition coefficient (Wildman–Crippen LogP) is 2.51. The number of nitrogens with one attached hydrogen (secondary N) is 3. The molecule has 1 saturated heterocycles. The maximum absolute atomic E-state index is 13.2. The maximum atomic E-state index is 13.2. The summed E-state index contributed by atoms with van der Waals surface area (Å²) in [4.78, 5) is 54.3. The van der Waals surface area contributed by atoms with Crippen LogP contribution in [0.4, 0.5) is 0 Å². The molecule has 1 aliphatic carbocycles. The number of aromatic nitrogens is 1. The highest BCUT2D eigenvalue weighted by Crippen LogP contribution is 2.27. The van der Waals surface area contributed by atoms with Crippen molar-refractivity contribution in [3.63, 3.8) is 0 Å². The zero-order valence-corrected chi connectivity index (χ0v) is 19.3. The van der Waals surface area contributed by atoms with Crippen LogP contribution < -0.4 is 16.0 Å². The molecule has 2 fully saturated rings. The average Bonchev–Trinajstić information content (AvgIpc) is 3.27. The van der Waals surface area contributed by atoms with Gasteiger partial charge in [0.05, 0.1) is 11.6 Å². The molecule has 1 aliphatic heterocycles. The number of amides is 3. The summed E-state index contributed by atoms with van der Waals surface area (Å²) in [6.07, 6.45) is 7.57. The van der Waals surface area contributed by atoms with E-state index in [4.69, 9.17) is 0 Å². The van der Waals surface area contributed by atoms with Gasteiger partial charge >= 0.3 is 0 Å². The molecule has 1 aromatic carbocycles. The van der Waals surface area contributed by atoms with E-state index in [1.54, 1.807) is 6.07 Å². The Balaban J connectivity index is 1.46. The van der Waals surface area contributed by atoms with Crippen molar-refractivity contribution in [1.29, 1.82) is 0 Å². The number of nitrogens with zero attached hydrogens (tertiary/aromatic N) is 1. The van der Waals surface area contributed by atoms with E-state index in [-0.39, 0.29) is 23.9 Å². The standard InChI is InChI=1S/C26H32N4O4/c31-16-20(15-19-12-13-27-24(19)32)28-26(34)23(14-17-6-2-1-3-7-17)30-25(33)22-11-10-18-8-4-5-9-21(18)29-22/h4-5,8-11,16-17,19-20,23H,1-3,6-7,12-15H2,(H,27,32)(H,28,34)(H,30,33)/t19-,20-,23-/m0/s1. The highest BCUT2D eigenvalue weighted by atomic mass is 16.2. The molecule has 1 aromatic heterocycles. The summed E-state index contributed by atoms with van der Waals surface area (Å²) < 4.78 is 0. The topological polar surface area (TPSA) is 117 Å². The second-order valence-corrected chi connectivity index (χ2v) is 9.42. The van der Waals surface area contributed by atoms with Crippen LogP contribution in [-0.2, 0) is 14.4 Å². The molecule has 34 heavy (non-hydrogen) atoms. The monoisotopic (exact) mass is 464 g/mol. The molecule has 2 aromatic rings. The molecule has 180 valence electrons. The Morgan fingerprint density at radius 1 is 1.03 bits per heavy atom. The quantitative estimate of drug-likeness (QED) is 0.493. The van der Waals surface area contributed by atoms with Crippen molar-refractivity contribution in [3.8, 4) is 0 Å². The Labute approximate surface area is 199 Å². The lowest BCUT2D eigenvalue weighted by Crippen LogP contribution is -2.51. The molecular formula is C26H32N4O4. The van der Waals surface area contributed by atoms with E-state index in [1.165, 1.54) is 6.42 Å². The van der Waals surface area contributed by atoms with Crippen LogP contribution in [0.25, 0.3) is 10.9 Å². The first-order valence-electron chi connectivity index (χ1n) is 12.2. The fraction of sp³-hybridized carbons (Fsp3) is 0.500. The van der Waals surface area contributed by atoms with Crippen molar-refractivity contribution < 1.29 is 19.2 Å². The van der Waals surface area contributed by atoms with Crippen molar-refractivity contribution in [2.75, 3.05) is 6.54 Å². The minimum absolute atomic E-state index is 0.0875. The lowest BCUT2D eigenvalue weighted by atomic mass is 9.84. The van der Waals surface area contributed by atoms with Gasteiger partial charge in [0.1, 0.15) is 18.0 Å². The predicted molar refractivity (Wildman–Crippen MR) is 128 cm³/mol.